The SMILES string of the molecule is CCCCCCCCCCC/C=C/CCCN(Cc1ccccc1)Cc1ccccc1. The van der Waals surface area contributed by atoms with Gasteiger partial charge in [-0.25, -0.2) is 0 Å². The molecule has 0 fully saturated rings. The summed E-state index contributed by atoms with van der Waals surface area (Å²) in [5.74, 6) is 0. The number of nitrogens with zero attached hydrogens (tertiary/aromatic N) is 1. The lowest BCUT2D eigenvalue weighted by Gasteiger charge is -2.22. The highest BCUT2D eigenvalue weighted by Gasteiger charge is 2.06. The molecule has 0 aliphatic carbocycles. The zero-order valence-electron chi connectivity index (χ0n) is 20.0. The normalized spacial score (nSPS) is 11.5. The van der Waals surface area contributed by atoms with E-state index < -0.39 is 0 Å². The molecule has 2 aromatic rings. The molecular weight excluding hydrogens is 374 g/mol. The molecule has 170 valence electrons. The summed E-state index contributed by atoms with van der Waals surface area (Å²) in [6, 6.07) is 21.7. The Hall–Kier alpha value is -1.86. The van der Waals surface area contributed by atoms with Crippen LogP contribution in [0.1, 0.15) is 95.1 Å². The van der Waals surface area contributed by atoms with Crippen molar-refractivity contribution in [3.05, 3.63) is 83.9 Å². The van der Waals surface area contributed by atoms with Crippen molar-refractivity contribution in [2.75, 3.05) is 6.54 Å². The molecule has 31 heavy (non-hydrogen) atoms. The van der Waals surface area contributed by atoms with Crippen LogP contribution in [0.5, 0.6) is 0 Å². The monoisotopic (exact) mass is 419 g/mol. The summed E-state index contributed by atoms with van der Waals surface area (Å²) < 4.78 is 0. The number of benzene rings is 2. The second-order valence-corrected chi connectivity index (χ2v) is 8.91. The quantitative estimate of drug-likeness (QED) is 0.172. The Balaban J connectivity index is 1.57. The van der Waals surface area contributed by atoms with Gasteiger partial charge in [0.1, 0.15) is 0 Å². The van der Waals surface area contributed by atoms with Gasteiger partial charge < -0.3 is 0 Å². The topological polar surface area (TPSA) is 3.24 Å². The van der Waals surface area contributed by atoms with Gasteiger partial charge in [0.05, 0.1) is 0 Å². The van der Waals surface area contributed by atoms with E-state index in [1.165, 1.54) is 88.2 Å². The molecule has 1 heteroatoms. The third-order valence-electron chi connectivity index (χ3n) is 5.98. The lowest BCUT2D eigenvalue weighted by Crippen LogP contribution is -2.24. The first-order chi connectivity index (χ1) is 15.4. The Kier molecular flexibility index (Phi) is 14.6. The van der Waals surface area contributed by atoms with Crippen LogP contribution in [-0.4, -0.2) is 11.4 Å². The van der Waals surface area contributed by atoms with E-state index in [0.29, 0.717) is 0 Å². The van der Waals surface area contributed by atoms with Crippen LogP contribution in [0.15, 0.2) is 72.8 Å². The van der Waals surface area contributed by atoms with E-state index in [9.17, 15) is 0 Å². The van der Waals surface area contributed by atoms with Gasteiger partial charge in [0, 0.05) is 13.1 Å². The largest absolute Gasteiger partial charge is 0.295 e. The van der Waals surface area contributed by atoms with E-state index in [-0.39, 0.29) is 0 Å². The molecule has 2 rings (SSSR count). The molecule has 0 unspecified atom stereocenters. The van der Waals surface area contributed by atoms with E-state index in [2.05, 4.69) is 84.6 Å². The van der Waals surface area contributed by atoms with Crippen LogP contribution in [0.2, 0.25) is 0 Å². The smallest absolute Gasteiger partial charge is 0.0237 e. The van der Waals surface area contributed by atoms with Crippen molar-refractivity contribution in [3.63, 3.8) is 0 Å². The molecule has 0 aromatic heterocycles. The third kappa shape index (κ3) is 13.2. The van der Waals surface area contributed by atoms with E-state index in [1.54, 1.807) is 0 Å². The van der Waals surface area contributed by atoms with Gasteiger partial charge in [-0.2, -0.15) is 0 Å². The van der Waals surface area contributed by atoms with Gasteiger partial charge in [0.2, 0.25) is 0 Å². The summed E-state index contributed by atoms with van der Waals surface area (Å²) in [4.78, 5) is 2.58. The fraction of sp³-hybridized carbons (Fsp3) is 0.533. The highest BCUT2D eigenvalue weighted by molar-refractivity contribution is 5.17. The fourth-order valence-electron chi connectivity index (χ4n) is 4.14. The summed E-state index contributed by atoms with van der Waals surface area (Å²) >= 11 is 0. The molecule has 0 spiro atoms. The minimum atomic E-state index is 1.03. The maximum atomic E-state index is 2.58. The number of hydrogen-bond acceptors (Lipinski definition) is 1. The maximum Gasteiger partial charge on any atom is 0.0237 e. The second-order valence-electron chi connectivity index (χ2n) is 8.91. The van der Waals surface area contributed by atoms with E-state index in [0.717, 1.165) is 19.6 Å². The summed E-state index contributed by atoms with van der Waals surface area (Å²) in [7, 11) is 0. The predicted molar refractivity (Wildman–Crippen MR) is 137 cm³/mol. The number of unbranched alkanes of at least 4 members (excludes halogenated alkanes) is 10. The van der Waals surface area contributed by atoms with Crippen LogP contribution in [0, 0.1) is 0 Å². The van der Waals surface area contributed by atoms with Gasteiger partial charge in [0.15, 0.2) is 0 Å². The third-order valence-corrected chi connectivity index (χ3v) is 5.98. The van der Waals surface area contributed by atoms with Crippen LogP contribution < -0.4 is 0 Å². The minimum absolute atomic E-state index is 1.03. The summed E-state index contributed by atoms with van der Waals surface area (Å²) in [5, 5.41) is 0. The van der Waals surface area contributed by atoms with Gasteiger partial charge in [0.25, 0.3) is 0 Å². The molecule has 0 saturated heterocycles. The molecule has 0 radical (unpaired) electrons. The number of hydrogen-bond donors (Lipinski definition) is 0. The molecule has 0 aliphatic rings. The summed E-state index contributed by atoms with van der Waals surface area (Å²) in [5.41, 5.74) is 2.80. The van der Waals surface area contributed by atoms with Gasteiger partial charge in [-0.05, 0) is 43.4 Å². The second kappa shape index (κ2) is 17.8. The first-order valence-corrected chi connectivity index (χ1v) is 12.8. The molecular formula is C30H45N. The van der Waals surface area contributed by atoms with Crippen molar-refractivity contribution in [3.8, 4) is 0 Å². The highest BCUT2D eigenvalue weighted by Crippen LogP contribution is 2.13. The molecule has 1 nitrogen and oxygen atoms in total. The van der Waals surface area contributed by atoms with Gasteiger partial charge in [-0.3, -0.25) is 4.90 Å². The average Bonchev–Trinajstić information content (AvgIpc) is 2.80. The Morgan fingerprint density at radius 3 is 1.52 bits per heavy atom. The zero-order valence-corrected chi connectivity index (χ0v) is 20.0. The first kappa shape index (κ1) is 25.4. The van der Waals surface area contributed by atoms with Crippen LogP contribution in [0.25, 0.3) is 0 Å². The Morgan fingerprint density at radius 2 is 1.00 bits per heavy atom. The van der Waals surface area contributed by atoms with Crippen LogP contribution >= 0.6 is 0 Å². The molecule has 0 N–H and O–H groups in total. The molecule has 0 amide bonds. The first-order valence-electron chi connectivity index (χ1n) is 12.8. The summed E-state index contributed by atoms with van der Waals surface area (Å²) in [6.45, 7) is 5.49. The zero-order chi connectivity index (χ0) is 21.8. The lowest BCUT2D eigenvalue weighted by molar-refractivity contribution is 0.254. The van der Waals surface area contributed by atoms with Crippen molar-refractivity contribution in [2.24, 2.45) is 0 Å². The van der Waals surface area contributed by atoms with Crippen molar-refractivity contribution >= 4 is 0 Å². The van der Waals surface area contributed by atoms with Gasteiger partial charge in [-0.15, -0.1) is 0 Å². The van der Waals surface area contributed by atoms with Gasteiger partial charge in [-0.1, -0.05) is 131 Å². The van der Waals surface area contributed by atoms with Crippen molar-refractivity contribution in [1.82, 2.24) is 4.90 Å². The molecule has 0 atom stereocenters. The lowest BCUT2D eigenvalue weighted by atomic mass is 10.1. The molecule has 0 aliphatic heterocycles. The van der Waals surface area contributed by atoms with Crippen LogP contribution in [0.3, 0.4) is 0 Å². The Morgan fingerprint density at radius 1 is 0.548 bits per heavy atom. The fourth-order valence-corrected chi connectivity index (χ4v) is 4.14. The van der Waals surface area contributed by atoms with E-state index in [4.69, 9.17) is 0 Å². The summed E-state index contributed by atoms with van der Waals surface area (Å²) in [6.07, 6.45) is 21.2. The Bertz CT molecular complexity index is 620. The molecule has 0 bridgehead atoms. The standard InChI is InChI=1S/C30H45N/c1-2-3-4-5-6-7-8-9-10-11-12-13-14-21-26-31(27-29-22-17-15-18-23-29)28-30-24-19-16-20-25-30/h12-13,15-20,22-25H,2-11,14,21,26-28H2,1H3/b13-12+. The number of rotatable bonds is 18. The molecule has 0 saturated carbocycles. The van der Waals surface area contributed by atoms with Crippen LogP contribution in [0.4, 0.5) is 0 Å². The number of allylic oxidation sites excluding steroid dienone is 2. The van der Waals surface area contributed by atoms with Crippen molar-refractivity contribution in [2.45, 2.75) is 97.1 Å². The maximum absolute atomic E-state index is 2.58. The van der Waals surface area contributed by atoms with Crippen molar-refractivity contribution in [1.29, 1.82) is 0 Å². The van der Waals surface area contributed by atoms with Crippen LogP contribution in [-0.2, 0) is 13.1 Å². The predicted octanol–water partition coefficient (Wildman–Crippen LogP) is 8.95. The Labute approximate surface area is 192 Å². The van der Waals surface area contributed by atoms with E-state index >= 15 is 0 Å². The van der Waals surface area contributed by atoms with Gasteiger partial charge >= 0.3 is 0 Å². The molecule has 0 heterocycles. The highest BCUT2D eigenvalue weighted by atomic mass is 15.1. The average molecular weight is 420 g/mol. The molecule has 2 aromatic carbocycles. The van der Waals surface area contributed by atoms with E-state index in [1.807, 2.05) is 0 Å². The van der Waals surface area contributed by atoms with Crippen molar-refractivity contribution < 1.29 is 0 Å². The minimum Gasteiger partial charge on any atom is -0.295 e.